The van der Waals surface area contributed by atoms with E-state index in [2.05, 4.69) is 36.0 Å². The van der Waals surface area contributed by atoms with Gasteiger partial charge in [0.2, 0.25) is 0 Å². The summed E-state index contributed by atoms with van der Waals surface area (Å²) in [6.07, 6.45) is 1.72. The molecule has 4 heteroatoms. The number of anilines is 1. The molecule has 0 aliphatic heterocycles. The molecule has 0 atom stereocenters. The van der Waals surface area contributed by atoms with E-state index in [-0.39, 0.29) is 0 Å². The van der Waals surface area contributed by atoms with Gasteiger partial charge in [0.25, 0.3) is 0 Å². The van der Waals surface area contributed by atoms with Crippen molar-refractivity contribution in [3.05, 3.63) is 22.8 Å². The van der Waals surface area contributed by atoms with Crippen molar-refractivity contribution in [1.29, 1.82) is 0 Å². The summed E-state index contributed by atoms with van der Waals surface area (Å²) in [6, 6.07) is 2.50. The van der Waals surface area contributed by atoms with Crippen LogP contribution in [0.2, 0.25) is 5.02 Å². The molecule has 1 rings (SSSR count). The normalized spacial score (nSPS) is 10.9. The molecule has 0 aliphatic rings. The van der Waals surface area contributed by atoms with Crippen LogP contribution >= 0.6 is 11.6 Å². The van der Waals surface area contributed by atoms with E-state index in [4.69, 9.17) is 11.6 Å². The largest absolute Gasteiger partial charge is 0.360 e. The molecule has 0 amide bonds. The molecule has 0 saturated carbocycles. The number of nitrogens with one attached hydrogen (secondary N) is 1. The molecule has 1 aromatic rings. The fourth-order valence-corrected chi connectivity index (χ4v) is 1.46. The molecule has 16 heavy (non-hydrogen) atoms. The summed E-state index contributed by atoms with van der Waals surface area (Å²) < 4.78 is 0. The predicted octanol–water partition coefficient (Wildman–Crippen LogP) is 2.69. The first kappa shape index (κ1) is 13.3. The van der Waals surface area contributed by atoms with E-state index in [1.807, 2.05) is 13.1 Å². The van der Waals surface area contributed by atoms with Crippen molar-refractivity contribution in [2.75, 3.05) is 18.5 Å². The van der Waals surface area contributed by atoms with Gasteiger partial charge in [0.1, 0.15) is 5.82 Å². The van der Waals surface area contributed by atoms with E-state index in [0.29, 0.717) is 6.04 Å². The molecule has 0 unspecified atom stereocenters. The summed E-state index contributed by atoms with van der Waals surface area (Å²) >= 11 is 6.11. The van der Waals surface area contributed by atoms with Crippen LogP contribution in [0, 0.1) is 0 Å². The average Bonchev–Trinajstić information content (AvgIpc) is 2.26. The highest BCUT2D eigenvalue weighted by Gasteiger charge is 2.06. The van der Waals surface area contributed by atoms with Crippen molar-refractivity contribution in [3.8, 4) is 0 Å². The second kappa shape index (κ2) is 6.06. The smallest absolute Gasteiger partial charge is 0.128 e. The van der Waals surface area contributed by atoms with Gasteiger partial charge in [-0.2, -0.15) is 0 Å². The third kappa shape index (κ3) is 3.65. The van der Waals surface area contributed by atoms with Crippen LogP contribution in [0.1, 0.15) is 26.3 Å². The predicted molar refractivity (Wildman–Crippen MR) is 70.2 cm³/mol. The molecule has 1 heterocycles. The van der Waals surface area contributed by atoms with Crippen LogP contribution in [0.15, 0.2) is 12.3 Å². The molecule has 3 nitrogen and oxygen atoms in total. The van der Waals surface area contributed by atoms with Gasteiger partial charge >= 0.3 is 0 Å². The summed E-state index contributed by atoms with van der Waals surface area (Å²) in [6.45, 7) is 8.06. The van der Waals surface area contributed by atoms with Crippen LogP contribution < -0.4 is 10.2 Å². The zero-order valence-corrected chi connectivity index (χ0v) is 11.2. The molecule has 90 valence electrons. The topological polar surface area (TPSA) is 28.2 Å². The second-order valence-electron chi connectivity index (χ2n) is 4.18. The summed E-state index contributed by atoms with van der Waals surface area (Å²) in [5.74, 6) is 0.965. The Hall–Kier alpha value is -0.800. The van der Waals surface area contributed by atoms with Crippen LogP contribution in [-0.4, -0.2) is 24.6 Å². The first-order chi connectivity index (χ1) is 7.54. The number of aromatic nitrogens is 1. The number of hydrogen-bond acceptors (Lipinski definition) is 3. The maximum atomic E-state index is 6.11. The van der Waals surface area contributed by atoms with Gasteiger partial charge in [-0.1, -0.05) is 25.4 Å². The molecule has 0 radical (unpaired) electrons. The maximum Gasteiger partial charge on any atom is 0.128 e. The van der Waals surface area contributed by atoms with E-state index in [1.54, 1.807) is 6.20 Å². The first-order valence-corrected chi connectivity index (χ1v) is 6.01. The Balaban J connectivity index is 2.82. The lowest BCUT2D eigenvalue weighted by Crippen LogP contribution is -2.23. The number of hydrogen-bond donors (Lipinski definition) is 1. The van der Waals surface area contributed by atoms with E-state index >= 15 is 0 Å². The van der Waals surface area contributed by atoms with E-state index in [1.165, 1.54) is 0 Å². The Morgan fingerprint density at radius 1 is 1.50 bits per heavy atom. The zero-order chi connectivity index (χ0) is 12.1. The summed E-state index contributed by atoms with van der Waals surface area (Å²) in [5, 5.41) is 4.08. The van der Waals surface area contributed by atoms with Gasteiger partial charge in [-0.3, -0.25) is 0 Å². The van der Waals surface area contributed by atoms with Gasteiger partial charge in [-0.15, -0.1) is 0 Å². The number of pyridine rings is 1. The van der Waals surface area contributed by atoms with Gasteiger partial charge in [0.05, 0.1) is 5.02 Å². The Bertz CT molecular complexity index is 339. The lowest BCUT2D eigenvalue weighted by atomic mass is 10.2. The van der Waals surface area contributed by atoms with Crippen molar-refractivity contribution in [2.24, 2.45) is 0 Å². The molecule has 0 bridgehead atoms. The van der Waals surface area contributed by atoms with Crippen molar-refractivity contribution in [2.45, 2.75) is 33.4 Å². The summed E-state index contributed by atoms with van der Waals surface area (Å²) in [7, 11) is 2.02. The minimum atomic E-state index is 0.455. The number of nitrogens with zero attached hydrogens (tertiary/aromatic N) is 2. The quantitative estimate of drug-likeness (QED) is 0.859. The Morgan fingerprint density at radius 3 is 2.75 bits per heavy atom. The van der Waals surface area contributed by atoms with Gasteiger partial charge in [-0.25, -0.2) is 4.98 Å². The lowest BCUT2D eigenvalue weighted by Gasteiger charge is -2.17. The highest BCUT2D eigenvalue weighted by molar-refractivity contribution is 6.31. The molecule has 1 N–H and O–H groups in total. The van der Waals surface area contributed by atoms with Gasteiger partial charge in [0.15, 0.2) is 0 Å². The maximum absolute atomic E-state index is 6.11. The van der Waals surface area contributed by atoms with Gasteiger partial charge in [0, 0.05) is 32.4 Å². The Labute approximate surface area is 103 Å². The van der Waals surface area contributed by atoms with Crippen molar-refractivity contribution in [3.63, 3.8) is 0 Å². The van der Waals surface area contributed by atoms with Crippen LogP contribution in [-0.2, 0) is 6.54 Å². The average molecular weight is 242 g/mol. The van der Waals surface area contributed by atoms with Crippen LogP contribution in [0.5, 0.6) is 0 Å². The fraction of sp³-hybridized carbons (Fsp3) is 0.583. The molecular weight excluding hydrogens is 222 g/mol. The highest BCUT2D eigenvalue weighted by Crippen LogP contribution is 2.19. The third-order valence-electron chi connectivity index (χ3n) is 2.49. The highest BCUT2D eigenvalue weighted by atomic mass is 35.5. The lowest BCUT2D eigenvalue weighted by molar-refractivity contribution is 0.588. The first-order valence-electron chi connectivity index (χ1n) is 5.63. The molecule has 0 saturated heterocycles. The molecule has 0 fully saturated rings. The molecule has 0 aromatic carbocycles. The molecule has 0 aliphatic carbocycles. The molecular formula is C12H20ClN3. The summed E-state index contributed by atoms with van der Waals surface area (Å²) in [5.41, 5.74) is 1.10. The fourth-order valence-electron chi connectivity index (χ4n) is 1.29. The zero-order valence-electron chi connectivity index (χ0n) is 10.4. The summed E-state index contributed by atoms with van der Waals surface area (Å²) in [4.78, 5) is 6.40. The minimum Gasteiger partial charge on any atom is -0.360 e. The standard InChI is InChI=1S/C12H20ClN3/c1-5-16(4)12-6-10(7-14-9(2)3)11(13)8-15-12/h6,8-9,14H,5,7H2,1-4H3. The third-order valence-corrected chi connectivity index (χ3v) is 2.83. The van der Waals surface area contributed by atoms with Crippen LogP contribution in [0.3, 0.4) is 0 Å². The number of halogens is 1. The van der Waals surface area contributed by atoms with Gasteiger partial charge in [-0.05, 0) is 18.6 Å². The van der Waals surface area contributed by atoms with E-state index in [0.717, 1.165) is 29.5 Å². The monoisotopic (exact) mass is 241 g/mol. The van der Waals surface area contributed by atoms with Crippen molar-refractivity contribution >= 4 is 17.4 Å². The van der Waals surface area contributed by atoms with E-state index < -0.39 is 0 Å². The molecule has 1 aromatic heterocycles. The van der Waals surface area contributed by atoms with Gasteiger partial charge < -0.3 is 10.2 Å². The van der Waals surface area contributed by atoms with Crippen molar-refractivity contribution in [1.82, 2.24) is 10.3 Å². The number of rotatable bonds is 5. The van der Waals surface area contributed by atoms with Crippen LogP contribution in [0.4, 0.5) is 5.82 Å². The van der Waals surface area contributed by atoms with Crippen molar-refractivity contribution < 1.29 is 0 Å². The Kier molecular flexibility index (Phi) is 5.03. The molecule has 0 spiro atoms. The Morgan fingerprint density at radius 2 is 2.19 bits per heavy atom. The van der Waals surface area contributed by atoms with Crippen LogP contribution in [0.25, 0.3) is 0 Å². The minimum absolute atomic E-state index is 0.455. The second-order valence-corrected chi connectivity index (χ2v) is 4.59. The SMILES string of the molecule is CCN(C)c1cc(CNC(C)C)c(Cl)cn1. The van der Waals surface area contributed by atoms with E-state index in [9.17, 15) is 0 Å².